The van der Waals surface area contributed by atoms with Crippen LogP contribution in [-0.2, 0) is 0 Å². The lowest BCUT2D eigenvalue weighted by molar-refractivity contribution is 0.507. The van der Waals surface area contributed by atoms with Crippen molar-refractivity contribution in [1.82, 2.24) is 4.98 Å². The molecule has 2 aromatic rings. The zero-order chi connectivity index (χ0) is 12.4. The fourth-order valence-corrected chi connectivity index (χ4v) is 2.43. The van der Waals surface area contributed by atoms with E-state index in [0.717, 1.165) is 6.42 Å². The van der Waals surface area contributed by atoms with Crippen LogP contribution in [0.25, 0.3) is 10.9 Å². The van der Waals surface area contributed by atoms with E-state index in [0.29, 0.717) is 5.92 Å². The maximum absolute atomic E-state index is 6.33. The molecule has 0 bridgehead atoms. The van der Waals surface area contributed by atoms with Gasteiger partial charge in [0.2, 0.25) is 0 Å². The Morgan fingerprint density at radius 1 is 1.17 bits per heavy atom. The van der Waals surface area contributed by atoms with E-state index in [9.17, 15) is 0 Å². The maximum atomic E-state index is 6.33. The smallest absolute Gasteiger partial charge is 0.0459 e. The number of hydrogen-bond acceptors (Lipinski definition) is 1. The third-order valence-electron chi connectivity index (χ3n) is 3.37. The molecule has 1 aromatic heterocycles. The molecule has 0 amide bonds. The Morgan fingerprint density at radius 3 is 2.50 bits per heavy atom. The van der Waals surface area contributed by atoms with Gasteiger partial charge in [-0.1, -0.05) is 32.0 Å². The minimum absolute atomic E-state index is 0. The van der Waals surface area contributed by atoms with Crippen LogP contribution in [0.4, 0.5) is 0 Å². The molecular weight excluding hydrogens is 244 g/mol. The molecule has 0 unspecified atom stereocenters. The Bertz CT molecular complexity index is 502. The lowest BCUT2D eigenvalue weighted by Gasteiger charge is -2.13. The number of benzene rings is 1. The first kappa shape index (κ1) is 15.1. The van der Waals surface area contributed by atoms with Crippen LogP contribution in [0.2, 0.25) is 0 Å². The highest BCUT2D eigenvalue weighted by Crippen LogP contribution is 2.29. The van der Waals surface area contributed by atoms with Gasteiger partial charge in [0.1, 0.15) is 0 Å². The SMILES string of the molecule is Cc1[nH]c2ccccc2c1[C@@H](N)CCC(C)C.Cl. The normalized spacial score (nSPS) is 12.7. The van der Waals surface area contributed by atoms with Crippen molar-refractivity contribution < 1.29 is 0 Å². The molecule has 2 rings (SSSR count). The standard InChI is InChI=1S/C15H22N2.ClH/c1-10(2)8-9-13(16)15-11(3)17-14-7-5-4-6-12(14)15;/h4-7,10,13,17H,8-9,16H2,1-3H3;1H/t13-;/m0./s1. The van der Waals surface area contributed by atoms with Gasteiger partial charge >= 0.3 is 0 Å². The molecule has 1 aromatic carbocycles. The van der Waals surface area contributed by atoms with Crippen LogP contribution in [0.5, 0.6) is 0 Å². The van der Waals surface area contributed by atoms with E-state index in [1.54, 1.807) is 0 Å². The fraction of sp³-hybridized carbons (Fsp3) is 0.467. The van der Waals surface area contributed by atoms with Gasteiger partial charge in [0.25, 0.3) is 0 Å². The number of rotatable bonds is 4. The number of nitrogens with one attached hydrogen (secondary N) is 1. The van der Waals surface area contributed by atoms with Crippen LogP contribution in [0, 0.1) is 12.8 Å². The first-order valence-electron chi connectivity index (χ1n) is 6.42. The summed E-state index contributed by atoms with van der Waals surface area (Å²) in [4.78, 5) is 3.42. The molecule has 3 N–H and O–H groups in total. The second-order valence-electron chi connectivity index (χ2n) is 5.29. The van der Waals surface area contributed by atoms with Gasteiger partial charge in [-0.05, 0) is 37.3 Å². The zero-order valence-corrected chi connectivity index (χ0v) is 12.2. The second kappa shape index (κ2) is 6.26. The molecule has 2 nitrogen and oxygen atoms in total. The largest absolute Gasteiger partial charge is 0.358 e. The van der Waals surface area contributed by atoms with Crippen LogP contribution in [-0.4, -0.2) is 4.98 Å². The van der Waals surface area contributed by atoms with Gasteiger partial charge in [-0.3, -0.25) is 0 Å². The number of fused-ring (bicyclic) bond motifs is 1. The van der Waals surface area contributed by atoms with Gasteiger partial charge in [0.15, 0.2) is 0 Å². The Balaban J connectivity index is 0.00000162. The van der Waals surface area contributed by atoms with Gasteiger partial charge in [-0.15, -0.1) is 12.4 Å². The van der Waals surface area contributed by atoms with Gasteiger partial charge in [0.05, 0.1) is 0 Å². The van der Waals surface area contributed by atoms with E-state index in [2.05, 4.69) is 50.0 Å². The molecule has 0 saturated carbocycles. The lowest BCUT2D eigenvalue weighted by Crippen LogP contribution is -2.12. The third kappa shape index (κ3) is 3.06. The fourth-order valence-electron chi connectivity index (χ4n) is 2.43. The molecule has 1 heterocycles. The van der Waals surface area contributed by atoms with Crippen LogP contribution >= 0.6 is 12.4 Å². The number of halogens is 1. The Labute approximate surface area is 115 Å². The van der Waals surface area contributed by atoms with Crippen molar-refractivity contribution in [3.05, 3.63) is 35.5 Å². The van der Waals surface area contributed by atoms with Crippen molar-refractivity contribution in [2.75, 3.05) is 0 Å². The second-order valence-corrected chi connectivity index (χ2v) is 5.29. The van der Waals surface area contributed by atoms with Crippen LogP contribution in [0.15, 0.2) is 24.3 Å². The van der Waals surface area contributed by atoms with Gasteiger partial charge in [-0.2, -0.15) is 0 Å². The summed E-state index contributed by atoms with van der Waals surface area (Å²) >= 11 is 0. The zero-order valence-electron chi connectivity index (χ0n) is 11.4. The van der Waals surface area contributed by atoms with Crippen molar-refractivity contribution in [2.24, 2.45) is 11.7 Å². The molecule has 0 radical (unpaired) electrons. The summed E-state index contributed by atoms with van der Waals surface area (Å²) in [6.07, 6.45) is 2.24. The van der Waals surface area contributed by atoms with E-state index in [-0.39, 0.29) is 18.4 Å². The average Bonchev–Trinajstić information content (AvgIpc) is 2.61. The van der Waals surface area contributed by atoms with Crippen LogP contribution < -0.4 is 5.73 Å². The molecule has 0 spiro atoms. The quantitative estimate of drug-likeness (QED) is 0.850. The molecule has 0 saturated heterocycles. The topological polar surface area (TPSA) is 41.8 Å². The van der Waals surface area contributed by atoms with Crippen molar-refractivity contribution >= 4 is 23.3 Å². The number of hydrogen-bond donors (Lipinski definition) is 2. The molecule has 0 aliphatic heterocycles. The summed E-state index contributed by atoms with van der Waals surface area (Å²) < 4.78 is 0. The Hall–Kier alpha value is -0.990. The monoisotopic (exact) mass is 266 g/mol. The van der Waals surface area contributed by atoms with Crippen molar-refractivity contribution in [2.45, 2.75) is 39.7 Å². The highest BCUT2D eigenvalue weighted by Gasteiger charge is 2.15. The number of para-hydroxylation sites is 1. The summed E-state index contributed by atoms with van der Waals surface area (Å²) in [5.74, 6) is 0.714. The van der Waals surface area contributed by atoms with Crippen molar-refractivity contribution in [1.29, 1.82) is 0 Å². The first-order chi connectivity index (χ1) is 8.09. The van der Waals surface area contributed by atoms with Crippen LogP contribution in [0.1, 0.15) is 44.0 Å². The molecule has 1 atom stereocenters. The maximum Gasteiger partial charge on any atom is 0.0459 e. The lowest BCUT2D eigenvalue weighted by atomic mass is 9.96. The summed E-state index contributed by atoms with van der Waals surface area (Å²) in [7, 11) is 0. The predicted octanol–water partition coefficient (Wildman–Crippen LogP) is 4.33. The van der Waals surface area contributed by atoms with Crippen molar-refractivity contribution in [3.8, 4) is 0 Å². The van der Waals surface area contributed by atoms with E-state index in [1.165, 1.54) is 28.6 Å². The minimum Gasteiger partial charge on any atom is -0.358 e. The summed E-state index contributed by atoms with van der Waals surface area (Å²) in [6, 6.07) is 8.55. The molecule has 0 fully saturated rings. The molecule has 100 valence electrons. The summed E-state index contributed by atoms with van der Waals surface area (Å²) in [5.41, 5.74) is 10.0. The van der Waals surface area contributed by atoms with Crippen molar-refractivity contribution in [3.63, 3.8) is 0 Å². The minimum atomic E-state index is 0. The van der Waals surface area contributed by atoms with Gasteiger partial charge in [-0.25, -0.2) is 0 Å². The van der Waals surface area contributed by atoms with E-state index >= 15 is 0 Å². The number of aromatic amines is 1. The molecule has 18 heavy (non-hydrogen) atoms. The highest BCUT2D eigenvalue weighted by atomic mass is 35.5. The van der Waals surface area contributed by atoms with Gasteiger partial charge in [0, 0.05) is 22.6 Å². The first-order valence-corrected chi connectivity index (χ1v) is 6.42. The third-order valence-corrected chi connectivity index (χ3v) is 3.37. The predicted molar refractivity (Wildman–Crippen MR) is 81.3 cm³/mol. The number of aromatic nitrogens is 1. The van der Waals surface area contributed by atoms with Gasteiger partial charge < -0.3 is 10.7 Å². The van der Waals surface area contributed by atoms with Crippen LogP contribution in [0.3, 0.4) is 0 Å². The summed E-state index contributed by atoms with van der Waals surface area (Å²) in [5, 5.41) is 1.28. The molecule has 0 aliphatic rings. The molecule has 0 aliphatic carbocycles. The average molecular weight is 267 g/mol. The van der Waals surface area contributed by atoms with E-state index in [1.807, 2.05) is 0 Å². The number of nitrogens with two attached hydrogens (primary N) is 1. The van der Waals surface area contributed by atoms with E-state index in [4.69, 9.17) is 5.73 Å². The molecule has 3 heteroatoms. The Kier molecular flexibility index (Phi) is 5.24. The summed E-state index contributed by atoms with van der Waals surface area (Å²) in [6.45, 7) is 6.61. The highest BCUT2D eigenvalue weighted by molar-refractivity contribution is 5.85. The Morgan fingerprint density at radius 2 is 1.83 bits per heavy atom. The number of H-pyrrole nitrogens is 1. The molecular formula is C15H23ClN2. The van der Waals surface area contributed by atoms with E-state index < -0.39 is 0 Å². The number of aryl methyl sites for hydroxylation is 1.